The van der Waals surface area contributed by atoms with E-state index in [4.69, 9.17) is 24.7 Å². The summed E-state index contributed by atoms with van der Waals surface area (Å²) in [5, 5.41) is 15.3. The molecule has 14 heteroatoms. The number of pyridine rings is 1. The predicted octanol–water partition coefficient (Wildman–Crippen LogP) is 5.45. The smallest absolute Gasteiger partial charge is 0.408 e. The van der Waals surface area contributed by atoms with E-state index in [0.717, 1.165) is 23.4 Å². The van der Waals surface area contributed by atoms with Crippen LogP contribution in [0.25, 0.3) is 17.0 Å². The number of aliphatic hydroxyl groups excluding tert-OH is 1. The van der Waals surface area contributed by atoms with Gasteiger partial charge in [-0.3, -0.25) is 14.6 Å². The van der Waals surface area contributed by atoms with E-state index in [1.165, 1.54) is 13.8 Å². The summed E-state index contributed by atoms with van der Waals surface area (Å²) in [5.41, 5.74) is 1.97. The number of ether oxygens (including phenoxy) is 4. The molecule has 0 radical (unpaired) electrons. The first-order valence-corrected chi connectivity index (χ1v) is 20.1. The maximum atomic E-state index is 16.9. The number of ketones is 2. The number of carbonyl (C=O) groups excluding carboxylic acids is 4. The minimum atomic E-state index is -3.16. The molecule has 2 aliphatic heterocycles. The number of aliphatic hydroxyl groups is 1. The van der Waals surface area contributed by atoms with E-state index in [1.54, 1.807) is 46.0 Å². The quantitative estimate of drug-likeness (QED) is 0.175. The number of nitrogens with one attached hydrogen (secondary N) is 1. The second kappa shape index (κ2) is 17.1. The molecule has 5 rings (SSSR count). The van der Waals surface area contributed by atoms with Gasteiger partial charge in [-0.05, 0) is 96.3 Å². The summed E-state index contributed by atoms with van der Waals surface area (Å²) in [4.78, 5) is 61.8. The number of fused-ring (bicyclic) bond motifs is 2. The molecule has 1 aliphatic carbocycles. The number of esters is 1. The summed E-state index contributed by atoms with van der Waals surface area (Å²) in [7, 11) is 3.74. The molecular weight excluding hydrogens is 735 g/mol. The number of nitrogens with zero attached hydrogens (tertiary/aromatic N) is 2. The number of halogens is 1. The van der Waals surface area contributed by atoms with E-state index in [0.29, 0.717) is 18.5 Å². The molecule has 3 fully saturated rings. The largest absolute Gasteiger partial charge is 0.455 e. The first-order valence-electron chi connectivity index (χ1n) is 20.1. The number of hydrogen-bond donors (Lipinski definition) is 3. The molecule has 0 bridgehead atoms. The van der Waals surface area contributed by atoms with Crippen LogP contribution in [0.1, 0.15) is 86.6 Å². The average Bonchev–Trinajstić information content (AvgIpc) is 3.47. The van der Waals surface area contributed by atoms with Crippen molar-refractivity contribution in [1.82, 2.24) is 15.2 Å². The number of alkyl halides is 1. The first kappa shape index (κ1) is 44.1. The van der Waals surface area contributed by atoms with Gasteiger partial charge in [0.2, 0.25) is 0 Å². The lowest BCUT2D eigenvalue weighted by Crippen LogP contribution is -2.61. The molecular formula is C43H61FN4O9. The summed E-state index contributed by atoms with van der Waals surface area (Å²) >= 11 is 0. The Morgan fingerprint density at radius 1 is 1.07 bits per heavy atom. The highest BCUT2D eigenvalue weighted by atomic mass is 19.1. The highest BCUT2D eigenvalue weighted by Gasteiger charge is 2.59. The predicted molar refractivity (Wildman–Crippen MR) is 214 cm³/mol. The van der Waals surface area contributed by atoms with Crippen molar-refractivity contribution in [2.24, 2.45) is 23.7 Å². The number of rotatable bonds is 8. The summed E-state index contributed by atoms with van der Waals surface area (Å²) < 4.78 is 41.8. The number of cyclic esters (lactones) is 1. The highest BCUT2D eigenvalue weighted by Crippen LogP contribution is 2.42. The molecule has 13 atom stereocenters. The molecule has 13 nitrogen and oxygen atoms in total. The van der Waals surface area contributed by atoms with Gasteiger partial charge in [0, 0.05) is 41.1 Å². The number of nitrogen functional groups attached to an aromatic ring is 1. The van der Waals surface area contributed by atoms with Crippen LogP contribution in [0.3, 0.4) is 0 Å². The van der Waals surface area contributed by atoms with Gasteiger partial charge in [-0.25, -0.2) is 14.0 Å². The van der Waals surface area contributed by atoms with Gasteiger partial charge in [0.1, 0.15) is 11.9 Å². The zero-order valence-corrected chi connectivity index (χ0v) is 34.9. The SMILES string of the molecule is CC[C@H]1OC(=O)C(C)(F)C(=O)[C@H](C)[C@@H](O[C@@H]2C[C@H](C)C[C@H](N(C)C)[C@H]2O)[C@@](C)(OC/C=C/c2cnc3ccc(N)cc3c2)C[C@@H](C)C(=O)[C@H](C)[C@H]2NC(=O)O[C@@]21C. The number of likely N-dealkylation sites (N-methyl/N-ethyl adjacent to an activating group) is 1. The Labute approximate surface area is 335 Å². The third-order valence-corrected chi connectivity index (χ3v) is 12.5. The molecule has 1 amide bonds. The number of carbonyl (C=O) groups is 4. The van der Waals surface area contributed by atoms with Gasteiger partial charge in [-0.1, -0.05) is 46.8 Å². The normalized spacial score (nSPS) is 38.5. The topological polar surface area (TPSA) is 180 Å². The molecule has 1 saturated carbocycles. The van der Waals surface area contributed by atoms with Crippen LogP contribution in [-0.4, -0.2) is 113 Å². The molecule has 1 aromatic carbocycles. The molecule has 3 aliphatic rings. The van der Waals surface area contributed by atoms with E-state index in [-0.39, 0.29) is 37.2 Å². The van der Waals surface area contributed by atoms with Crippen molar-refractivity contribution in [2.45, 2.75) is 134 Å². The van der Waals surface area contributed by atoms with Gasteiger partial charge in [0.15, 0.2) is 11.4 Å². The molecule has 3 heterocycles. The number of benzene rings is 1. The van der Waals surface area contributed by atoms with Crippen molar-refractivity contribution < 1.29 is 47.6 Å². The summed E-state index contributed by atoms with van der Waals surface area (Å²) in [6.45, 7) is 12.7. The monoisotopic (exact) mass is 796 g/mol. The third kappa shape index (κ3) is 9.04. The van der Waals surface area contributed by atoms with Crippen LogP contribution in [0.5, 0.6) is 0 Å². The van der Waals surface area contributed by atoms with E-state index >= 15 is 4.39 Å². The first-order chi connectivity index (χ1) is 26.6. The van der Waals surface area contributed by atoms with E-state index in [9.17, 15) is 24.3 Å². The van der Waals surface area contributed by atoms with Gasteiger partial charge in [0.25, 0.3) is 5.67 Å². The van der Waals surface area contributed by atoms with Crippen molar-refractivity contribution in [3.8, 4) is 0 Å². The maximum absolute atomic E-state index is 16.9. The van der Waals surface area contributed by atoms with Crippen molar-refractivity contribution in [3.63, 3.8) is 0 Å². The lowest BCUT2D eigenvalue weighted by molar-refractivity contribution is -0.212. The number of Topliss-reactive ketones (excluding diaryl/α,β-unsaturated/α-hetero) is 2. The molecule has 314 valence electrons. The fraction of sp³-hybridized carbons (Fsp3) is 0.651. The Morgan fingerprint density at radius 3 is 2.44 bits per heavy atom. The van der Waals surface area contributed by atoms with Crippen molar-refractivity contribution >= 4 is 46.3 Å². The highest BCUT2D eigenvalue weighted by molar-refractivity contribution is 6.08. The number of hydrogen-bond acceptors (Lipinski definition) is 12. The Balaban J connectivity index is 1.58. The van der Waals surface area contributed by atoms with Crippen LogP contribution in [0.4, 0.5) is 14.9 Å². The minimum Gasteiger partial charge on any atom is -0.455 e. The standard InChI is InChI=1S/C43H61FN4O9/c1-11-33-43(8)36(47-40(53)57-43)25(4)34(49)24(3)21-41(6,54-16-12-13-27-19-28-20-29(45)14-15-30(28)46-22-27)38(26(5)37(51)42(7,44)39(52)56-33)55-32-18-23(2)17-31(35(32)50)48(9)10/h12-15,19-20,22-26,31-33,35-36,38,50H,11,16-18,21,45H2,1-10H3,(H,47,53)/b13-12+/t23-,24-,25+,26+,31+,32-,33-,35-,36-,38-,41+,42?,43-/m1/s1. The van der Waals surface area contributed by atoms with Gasteiger partial charge in [0.05, 0.1) is 42.1 Å². The van der Waals surface area contributed by atoms with Gasteiger partial charge in [-0.15, -0.1) is 0 Å². The van der Waals surface area contributed by atoms with Gasteiger partial charge in [-0.2, -0.15) is 0 Å². The van der Waals surface area contributed by atoms with Crippen LogP contribution < -0.4 is 11.1 Å². The number of alkyl carbamates (subject to hydrolysis) is 1. The molecule has 1 aromatic heterocycles. The van der Waals surface area contributed by atoms with Crippen LogP contribution in [0.15, 0.2) is 36.5 Å². The van der Waals surface area contributed by atoms with Crippen molar-refractivity contribution in [1.29, 1.82) is 0 Å². The zero-order valence-electron chi connectivity index (χ0n) is 34.9. The van der Waals surface area contributed by atoms with E-state index in [1.807, 2.05) is 43.3 Å². The summed E-state index contributed by atoms with van der Waals surface area (Å²) in [6.07, 6.45) is 1.52. The third-order valence-electron chi connectivity index (χ3n) is 12.5. The lowest BCUT2D eigenvalue weighted by atomic mass is 9.73. The second-order valence-electron chi connectivity index (χ2n) is 17.4. The zero-order chi connectivity index (χ0) is 42.2. The Bertz CT molecular complexity index is 1860. The van der Waals surface area contributed by atoms with Crippen molar-refractivity contribution in [2.75, 3.05) is 26.4 Å². The number of aromatic nitrogens is 1. The van der Waals surface area contributed by atoms with Crippen LogP contribution in [0.2, 0.25) is 0 Å². The van der Waals surface area contributed by atoms with Gasteiger partial charge >= 0.3 is 12.1 Å². The minimum absolute atomic E-state index is 0.00146. The van der Waals surface area contributed by atoms with Gasteiger partial charge < -0.3 is 40.0 Å². The fourth-order valence-electron chi connectivity index (χ4n) is 9.28. The van der Waals surface area contributed by atoms with E-state index < -0.39 is 82.9 Å². The molecule has 0 spiro atoms. The Hall–Kier alpha value is -3.98. The number of anilines is 1. The molecule has 1 unspecified atom stereocenters. The Kier molecular flexibility index (Phi) is 13.2. The molecule has 57 heavy (non-hydrogen) atoms. The second-order valence-corrected chi connectivity index (χ2v) is 17.4. The van der Waals surface area contributed by atoms with Crippen LogP contribution >= 0.6 is 0 Å². The summed E-state index contributed by atoms with van der Waals surface area (Å²) in [6, 6.07) is 6.17. The molecule has 2 saturated heterocycles. The van der Waals surface area contributed by atoms with Crippen LogP contribution in [-0.2, 0) is 33.3 Å². The fourth-order valence-corrected chi connectivity index (χ4v) is 9.28. The Morgan fingerprint density at radius 2 is 1.77 bits per heavy atom. The van der Waals surface area contributed by atoms with E-state index in [2.05, 4.69) is 17.2 Å². The average molecular weight is 797 g/mol. The van der Waals surface area contributed by atoms with Crippen LogP contribution in [0, 0.1) is 23.7 Å². The summed E-state index contributed by atoms with van der Waals surface area (Å²) in [5.74, 6) is -5.61. The number of amides is 1. The molecule has 4 N–H and O–H groups in total. The molecule has 2 aromatic rings. The maximum Gasteiger partial charge on any atom is 0.408 e. The number of nitrogens with two attached hydrogens (primary N) is 1. The van der Waals surface area contributed by atoms with Crippen molar-refractivity contribution in [3.05, 3.63) is 42.1 Å². The lowest BCUT2D eigenvalue weighted by Gasteiger charge is -2.47.